The Morgan fingerprint density at radius 1 is 0.968 bits per heavy atom. The summed E-state index contributed by atoms with van der Waals surface area (Å²) in [5, 5.41) is 9.03. The van der Waals surface area contributed by atoms with Gasteiger partial charge >= 0.3 is 0 Å². The Balaban J connectivity index is 1.42. The van der Waals surface area contributed by atoms with Gasteiger partial charge in [0, 0.05) is 23.0 Å². The van der Waals surface area contributed by atoms with Crippen molar-refractivity contribution in [2.75, 3.05) is 23.8 Å². The van der Waals surface area contributed by atoms with E-state index >= 15 is 0 Å². The first-order valence-electron chi connectivity index (χ1n) is 10.8. The lowest BCUT2D eigenvalue weighted by Crippen LogP contribution is -2.36. The summed E-state index contributed by atoms with van der Waals surface area (Å²) in [6, 6.07) is 14.7. The van der Waals surface area contributed by atoms with Crippen LogP contribution in [0.1, 0.15) is 49.4 Å². The average Bonchev–Trinajstić information content (AvgIpc) is 2.78. The van der Waals surface area contributed by atoms with Gasteiger partial charge in [-0.05, 0) is 73.9 Å². The highest BCUT2D eigenvalue weighted by molar-refractivity contribution is 5.95. The lowest BCUT2D eigenvalue weighted by molar-refractivity contribution is -0.114. The third kappa shape index (κ3) is 7.48. The minimum absolute atomic E-state index is 0.0353. The fourth-order valence-electron chi connectivity index (χ4n) is 3.48. The number of anilines is 2. The lowest BCUT2D eigenvalue weighted by Gasteiger charge is -2.22. The number of amides is 2. The van der Waals surface area contributed by atoms with Crippen LogP contribution in [0.2, 0.25) is 0 Å². The van der Waals surface area contributed by atoms with Crippen LogP contribution >= 0.6 is 0 Å². The predicted molar refractivity (Wildman–Crippen MR) is 125 cm³/mol. The van der Waals surface area contributed by atoms with E-state index in [0.717, 1.165) is 29.9 Å². The summed E-state index contributed by atoms with van der Waals surface area (Å²) in [7, 11) is 0. The molecule has 3 rings (SSSR count). The highest BCUT2D eigenvalue weighted by Crippen LogP contribution is 2.19. The van der Waals surface area contributed by atoms with Gasteiger partial charge in [-0.15, -0.1) is 0 Å². The first-order valence-corrected chi connectivity index (χ1v) is 10.8. The number of rotatable bonds is 9. The second kappa shape index (κ2) is 11.2. The maximum absolute atomic E-state index is 12.4. The molecule has 164 valence electrons. The van der Waals surface area contributed by atoms with Crippen LogP contribution in [0.5, 0.6) is 5.75 Å². The van der Waals surface area contributed by atoms with Gasteiger partial charge in [-0.25, -0.2) is 0 Å². The van der Waals surface area contributed by atoms with Crippen LogP contribution < -0.4 is 20.7 Å². The molecule has 0 unspecified atom stereocenters. The zero-order chi connectivity index (χ0) is 22.1. The van der Waals surface area contributed by atoms with E-state index in [4.69, 9.17) is 4.74 Å². The Morgan fingerprint density at radius 2 is 1.61 bits per heavy atom. The fraction of sp³-hybridized carbons (Fsp3) is 0.360. The van der Waals surface area contributed by atoms with Gasteiger partial charge in [-0.1, -0.05) is 25.8 Å². The van der Waals surface area contributed by atoms with Gasteiger partial charge in [-0.3, -0.25) is 9.59 Å². The molecule has 0 radical (unpaired) electrons. The third-order valence-corrected chi connectivity index (χ3v) is 5.16. The number of carbonyl (C=O) groups is 2. The Bertz CT molecular complexity index is 885. The highest BCUT2D eigenvalue weighted by Gasteiger charge is 2.16. The van der Waals surface area contributed by atoms with Crippen LogP contribution in [-0.4, -0.2) is 31.0 Å². The lowest BCUT2D eigenvalue weighted by atomic mass is 9.95. The van der Waals surface area contributed by atoms with E-state index in [1.165, 1.54) is 19.3 Å². The van der Waals surface area contributed by atoms with E-state index < -0.39 is 0 Å². The summed E-state index contributed by atoms with van der Waals surface area (Å²) in [6.07, 6.45) is 5.75. The molecule has 2 aromatic rings. The molecule has 6 heteroatoms. The molecule has 0 heterocycles. The molecule has 0 atom stereocenters. The van der Waals surface area contributed by atoms with E-state index in [1.807, 2.05) is 31.2 Å². The zero-order valence-corrected chi connectivity index (χ0v) is 18.1. The molecule has 0 aromatic heterocycles. The molecule has 2 amide bonds. The molecule has 0 bridgehead atoms. The zero-order valence-electron chi connectivity index (χ0n) is 18.1. The maximum atomic E-state index is 12.4. The van der Waals surface area contributed by atoms with Crippen LogP contribution in [0, 0.1) is 0 Å². The molecule has 2 aromatic carbocycles. The number of nitrogens with one attached hydrogen (secondary N) is 3. The molecular weight excluding hydrogens is 390 g/mol. The van der Waals surface area contributed by atoms with Gasteiger partial charge in [0.05, 0.1) is 6.54 Å². The first kappa shape index (κ1) is 22.4. The predicted octanol–water partition coefficient (Wildman–Crippen LogP) is 4.75. The van der Waals surface area contributed by atoms with Crippen LogP contribution in [0.3, 0.4) is 0 Å². The topological polar surface area (TPSA) is 79.5 Å². The van der Waals surface area contributed by atoms with Gasteiger partial charge in [0.2, 0.25) is 5.91 Å². The largest absolute Gasteiger partial charge is 0.489 e. The number of ether oxygens (including phenoxy) is 1. The molecule has 1 fully saturated rings. The van der Waals surface area contributed by atoms with Gasteiger partial charge < -0.3 is 20.7 Å². The van der Waals surface area contributed by atoms with Crippen molar-refractivity contribution in [1.29, 1.82) is 0 Å². The molecule has 1 aliphatic rings. The summed E-state index contributed by atoms with van der Waals surface area (Å²) in [6.45, 7) is 6.30. The van der Waals surface area contributed by atoms with Crippen molar-refractivity contribution < 1.29 is 14.3 Å². The molecule has 0 aliphatic heterocycles. The summed E-state index contributed by atoms with van der Waals surface area (Å²) in [5.41, 5.74) is 3.06. The minimum atomic E-state index is -0.158. The molecule has 0 saturated heterocycles. The van der Waals surface area contributed by atoms with Gasteiger partial charge in [0.1, 0.15) is 12.4 Å². The summed E-state index contributed by atoms with van der Waals surface area (Å²) < 4.78 is 5.55. The Labute approximate surface area is 184 Å². The maximum Gasteiger partial charge on any atom is 0.251 e. The average molecular weight is 422 g/mol. The SMILES string of the molecule is C=C(C)COc1ccc(NC(=O)CNc2ccc(C(=O)NC3CCCCC3)cc2)cc1. The second-order valence-electron chi connectivity index (χ2n) is 8.06. The molecule has 3 N–H and O–H groups in total. The van der Waals surface area contributed by atoms with Crippen molar-refractivity contribution in [1.82, 2.24) is 5.32 Å². The van der Waals surface area contributed by atoms with E-state index in [2.05, 4.69) is 22.5 Å². The van der Waals surface area contributed by atoms with Crippen molar-refractivity contribution >= 4 is 23.2 Å². The van der Waals surface area contributed by atoms with E-state index in [9.17, 15) is 9.59 Å². The van der Waals surface area contributed by atoms with E-state index in [-0.39, 0.29) is 24.4 Å². The molecule has 31 heavy (non-hydrogen) atoms. The second-order valence-corrected chi connectivity index (χ2v) is 8.06. The highest BCUT2D eigenvalue weighted by atomic mass is 16.5. The van der Waals surface area contributed by atoms with Crippen LogP contribution in [0.15, 0.2) is 60.7 Å². The van der Waals surface area contributed by atoms with Gasteiger partial charge in [0.25, 0.3) is 5.91 Å². The fourth-order valence-corrected chi connectivity index (χ4v) is 3.48. The van der Waals surface area contributed by atoms with Gasteiger partial charge in [-0.2, -0.15) is 0 Å². The van der Waals surface area contributed by atoms with Crippen molar-refractivity contribution in [2.24, 2.45) is 0 Å². The first-order chi connectivity index (χ1) is 15.0. The van der Waals surface area contributed by atoms with E-state index in [0.29, 0.717) is 17.9 Å². The third-order valence-electron chi connectivity index (χ3n) is 5.16. The monoisotopic (exact) mass is 421 g/mol. The van der Waals surface area contributed by atoms with Crippen LogP contribution in [0.4, 0.5) is 11.4 Å². The summed E-state index contributed by atoms with van der Waals surface area (Å²) >= 11 is 0. The van der Waals surface area contributed by atoms with Crippen molar-refractivity contribution in [2.45, 2.75) is 45.1 Å². The normalized spacial score (nSPS) is 13.8. The van der Waals surface area contributed by atoms with Crippen molar-refractivity contribution in [3.63, 3.8) is 0 Å². The smallest absolute Gasteiger partial charge is 0.251 e. The number of benzene rings is 2. The van der Waals surface area contributed by atoms with E-state index in [1.54, 1.807) is 24.3 Å². The minimum Gasteiger partial charge on any atom is -0.489 e. The van der Waals surface area contributed by atoms with Gasteiger partial charge in [0.15, 0.2) is 0 Å². The number of carbonyl (C=O) groups excluding carboxylic acids is 2. The molecule has 1 aliphatic carbocycles. The number of hydrogen-bond acceptors (Lipinski definition) is 4. The Hall–Kier alpha value is -3.28. The molecule has 6 nitrogen and oxygen atoms in total. The van der Waals surface area contributed by atoms with Crippen LogP contribution in [-0.2, 0) is 4.79 Å². The Kier molecular flexibility index (Phi) is 8.10. The Morgan fingerprint density at radius 3 is 2.26 bits per heavy atom. The van der Waals surface area contributed by atoms with Crippen molar-refractivity contribution in [3.05, 3.63) is 66.2 Å². The molecule has 1 saturated carbocycles. The molecule has 0 spiro atoms. The summed E-state index contributed by atoms with van der Waals surface area (Å²) in [5.74, 6) is 0.535. The number of hydrogen-bond donors (Lipinski definition) is 3. The van der Waals surface area contributed by atoms with Crippen LogP contribution in [0.25, 0.3) is 0 Å². The van der Waals surface area contributed by atoms with Crippen molar-refractivity contribution in [3.8, 4) is 5.75 Å². The standard InChI is InChI=1S/C25H31N3O3/c1-18(2)17-31-23-14-12-22(13-15-23)27-24(29)16-26-20-10-8-19(9-11-20)25(30)28-21-6-4-3-5-7-21/h8-15,21,26H,1,3-7,16-17H2,2H3,(H,27,29)(H,28,30). The molecular formula is C25H31N3O3. The quantitative estimate of drug-likeness (QED) is 0.510. The summed E-state index contributed by atoms with van der Waals surface area (Å²) in [4.78, 5) is 24.6.